The normalized spacial score (nSPS) is 11.4. The standard InChI is InChI=1S/C16H18ClNO3/c1-16(2,3)10-21-14(19)9-20-13-7-6-12(17)11-5-4-8-18-15(11)13/h4-8H,9-10H2,1-3H3. The minimum Gasteiger partial charge on any atom is -0.480 e. The summed E-state index contributed by atoms with van der Waals surface area (Å²) < 4.78 is 10.7. The Hall–Kier alpha value is -1.81. The molecule has 0 aliphatic rings. The molecule has 0 bridgehead atoms. The van der Waals surface area contributed by atoms with E-state index in [1.54, 1.807) is 24.4 Å². The molecule has 4 nitrogen and oxygen atoms in total. The zero-order valence-corrected chi connectivity index (χ0v) is 13.1. The maximum atomic E-state index is 11.7. The average Bonchev–Trinajstić information content (AvgIpc) is 2.44. The second kappa shape index (κ2) is 6.31. The van der Waals surface area contributed by atoms with E-state index in [0.29, 0.717) is 22.9 Å². The third-order valence-electron chi connectivity index (χ3n) is 2.69. The van der Waals surface area contributed by atoms with E-state index >= 15 is 0 Å². The Morgan fingerprint density at radius 1 is 1.29 bits per heavy atom. The molecule has 112 valence electrons. The first-order chi connectivity index (χ1) is 9.87. The van der Waals surface area contributed by atoms with Crippen LogP contribution in [-0.2, 0) is 9.53 Å². The number of hydrogen-bond donors (Lipinski definition) is 0. The molecule has 0 radical (unpaired) electrons. The van der Waals surface area contributed by atoms with Crippen molar-refractivity contribution in [2.45, 2.75) is 20.8 Å². The van der Waals surface area contributed by atoms with E-state index in [1.165, 1.54) is 0 Å². The molecule has 21 heavy (non-hydrogen) atoms. The van der Waals surface area contributed by atoms with Crippen molar-refractivity contribution in [3.63, 3.8) is 0 Å². The molecule has 0 unspecified atom stereocenters. The fourth-order valence-corrected chi connectivity index (χ4v) is 1.92. The lowest BCUT2D eigenvalue weighted by Crippen LogP contribution is -2.22. The number of benzene rings is 1. The maximum Gasteiger partial charge on any atom is 0.344 e. The highest BCUT2D eigenvalue weighted by Gasteiger charge is 2.15. The Bertz CT molecular complexity index is 650. The largest absolute Gasteiger partial charge is 0.480 e. The van der Waals surface area contributed by atoms with E-state index in [9.17, 15) is 4.79 Å². The number of carbonyl (C=O) groups is 1. The van der Waals surface area contributed by atoms with Gasteiger partial charge >= 0.3 is 5.97 Å². The molecule has 0 spiro atoms. The van der Waals surface area contributed by atoms with Crippen LogP contribution in [0.1, 0.15) is 20.8 Å². The predicted molar refractivity (Wildman–Crippen MR) is 82.7 cm³/mol. The molecule has 1 aromatic carbocycles. The number of nitrogens with zero attached hydrogens (tertiary/aromatic N) is 1. The minimum absolute atomic E-state index is 0.0653. The third kappa shape index (κ3) is 4.33. The number of carbonyl (C=O) groups excluding carboxylic acids is 1. The lowest BCUT2D eigenvalue weighted by Gasteiger charge is -2.18. The van der Waals surface area contributed by atoms with Gasteiger partial charge in [-0.2, -0.15) is 0 Å². The third-order valence-corrected chi connectivity index (χ3v) is 3.02. The quantitative estimate of drug-likeness (QED) is 0.805. The van der Waals surface area contributed by atoms with E-state index in [1.807, 2.05) is 26.8 Å². The van der Waals surface area contributed by atoms with Gasteiger partial charge in [-0.25, -0.2) is 4.79 Å². The number of ether oxygens (including phenoxy) is 2. The van der Waals surface area contributed by atoms with Crippen LogP contribution in [0.4, 0.5) is 0 Å². The molecule has 5 heteroatoms. The van der Waals surface area contributed by atoms with Crippen molar-refractivity contribution in [1.82, 2.24) is 4.98 Å². The zero-order valence-electron chi connectivity index (χ0n) is 12.4. The van der Waals surface area contributed by atoms with Gasteiger partial charge in [-0.3, -0.25) is 4.98 Å². The molecule has 0 N–H and O–H groups in total. The number of esters is 1. The van der Waals surface area contributed by atoms with Gasteiger partial charge in [0.25, 0.3) is 0 Å². The Labute approximate surface area is 129 Å². The summed E-state index contributed by atoms with van der Waals surface area (Å²) >= 11 is 6.10. The van der Waals surface area contributed by atoms with Gasteiger partial charge in [-0.15, -0.1) is 0 Å². The Morgan fingerprint density at radius 3 is 2.76 bits per heavy atom. The molecule has 0 fully saturated rings. The molecule has 2 rings (SSSR count). The van der Waals surface area contributed by atoms with E-state index in [2.05, 4.69) is 4.98 Å². The zero-order chi connectivity index (χ0) is 15.5. The second-order valence-electron chi connectivity index (χ2n) is 5.96. The first-order valence-electron chi connectivity index (χ1n) is 6.68. The minimum atomic E-state index is -0.399. The Balaban J connectivity index is 2.04. The van der Waals surface area contributed by atoms with Crippen LogP contribution in [0.3, 0.4) is 0 Å². The summed E-state index contributed by atoms with van der Waals surface area (Å²) in [6.45, 7) is 6.20. The molecular weight excluding hydrogens is 290 g/mol. The summed E-state index contributed by atoms with van der Waals surface area (Å²) in [5.74, 6) is 0.117. The van der Waals surface area contributed by atoms with Crippen molar-refractivity contribution in [3.8, 4) is 5.75 Å². The van der Waals surface area contributed by atoms with E-state index < -0.39 is 5.97 Å². The fourth-order valence-electron chi connectivity index (χ4n) is 1.70. The van der Waals surface area contributed by atoms with E-state index in [-0.39, 0.29) is 12.0 Å². The number of hydrogen-bond acceptors (Lipinski definition) is 4. The molecule has 1 aromatic heterocycles. The predicted octanol–water partition coefficient (Wildman–Crippen LogP) is 3.86. The Kier molecular flexibility index (Phi) is 4.68. The van der Waals surface area contributed by atoms with Crippen molar-refractivity contribution < 1.29 is 14.3 Å². The summed E-state index contributed by atoms with van der Waals surface area (Å²) in [5.41, 5.74) is 0.568. The average molecular weight is 308 g/mol. The van der Waals surface area contributed by atoms with Gasteiger partial charge in [0.2, 0.25) is 0 Å². The molecule has 0 saturated carbocycles. The summed E-state index contributed by atoms with van der Waals surface area (Å²) in [6.07, 6.45) is 1.66. The number of pyridine rings is 1. The number of halogens is 1. The van der Waals surface area contributed by atoms with Crippen molar-refractivity contribution in [1.29, 1.82) is 0 Å². The summed E-state index contributed by atoms with van der Waals surface area (Å²) in [4.78, 5) is 15.9. The summed E-state index contributed by atoms with van der Waals surface area (Å²) in [7, 11) is 0. The van der Waals surface area contributed by atoms with Gasteiger partial charge in [-0.05, 0) is 29.7 Å². The van der Waals surface area contributed by atoms with Crippen LogP contribution in [-0.4, -0.2) is 24.2 Å². The number of rotatable bonds is 4. The molecule has 0 amide bonds. The van der Waals surface area contributed by atoms with Crippen molar-refractivity contribution >= 4 is 28.5 Å². The van der Waals surface area contributed by atoms with Gasteiger partial charge in [0.05, 0.1) is 11.6 Å². The van der Waals surface area contributed by atoms with E-state index in [0.717, 1.165) is 5.39 Å². The molecule has 0 saturated heterocycles. The molecule has 0 atom stereocenters. The first kappa shape index (κ1) is 15.6. The van der Waals surface area contributed by atoms with Gasteiger partial charge in [0.15, 0.2) is 6.61 Å². The highest BCUT2D eigenvalue weighted by atomic mass is 35.5. The highest BCUT2D eigenvalue weighted by molar-refractivity contribution is 6.35. The van der Waals surface area contributed by atoms with Crippen LogP contribution in [0.5, 0.6) is 5.75 Å². The van der Waals surface area contributed by atoms with Gasteiger partial charge in [0.1, 0.15) is 11.3 Å². The van der Waals surface area contributed by atoms with E-state index in [4.69, 9.17) is 21.1 Å². The monoisotopic (exact) mass is 307 g/mol. The molecule has 0 aliphatic heterocycles. The maximum absolute atomic E-state index is 11.7. The number of aromatic nitrogens is 1. The Morgan fingerprint density at radius 2 is 2.05 bits per heavy atom. The van der Waals surface area contributed by atoms with Crippen LogP contribution in [0, 0.1) is 5.41 Å². The van der Waals surface area contributed by atoms with Crippen LogP contribution in [0.15, 0.2) is 30.5 Å². The molecule has 1 heterocycles. The fraction of sp³-hybridized carbons (Fsp3) is 0.375. The lowest BCUT2D eigenvalue weighted by molar-refractivity contribution is -0.148. The molecule has 2 aromatic rings. The SMILES string of the molecule is CC(C)(C)COC(=O)COc1ccc(Cl)c2cccnc12. The summed E-state index contributed by atoms with van der Waals surface area (Å²) in [5, 5.41) is 1.39. The van der Waals surface area contributed by atoms with Crippen molar-refractivity contribution in [2.75, 3.05) is 13.2 Å². The smallest absolute Gasteiger partial charge is 0.344 e. The van der Waals surface area contributed by atoms with Gasteiger partial charge in [-0.1, -0.05) is 32.4 Å². The molecule has 0 aliphatic carbocycles. The van der Waals surface area contributed by atoms with Gasteiger partial charge < -0.3 is 9.47 Å². The van der Waals surface area contributed by atoms with Crippen molar-refractivity contribution in [2.24, 2.45) is 5.41 Å². The topological polar surface area (TPSA) is 48.4 Å². The van der Waals surface area contributed by atoms with Crippen LogP contribution >= 0.6 is 11.6 Å². The van der Waals surface area contributed by atoms with Crippen LogP contribution in [0.2, 0.25) is 5.02 Å². The first-order valence-corrected chi connectivity index (χ1v) is 7.06. The van der Waals surface area contributed by atoms with Crippen molar-refractivity contribution in [3.05, 3.63) is 35.5 Å². The number of fused-ring (bicyclic) bond motifs is 1. The second-order valence-corrected chi connectivity index (χ2v) is 6.36. The summed E-state index contributed by atoms with van der Waals surface area (Å²) in [6, 6.07) is 7.08. The molecular formula is C16H18ClNO3. The van der Waals surface area contributed by atoms with Gasteiger partial charge in [0, 0.05) is 11.6 Å². The lowest BCUT2D eigenvalue weighted by atomic mass is 9.99. The van der Waals surface area contributed by atoms with Crippen LogP contribution in [0.25, 0.3) is 10.9 Å². The highest BCUT2D eigenvalue weighted by Crippen LogP contribution is 2.29. The van der Waals surface area contributed by atoms with Crippen LogP contribution < -0.4 is 4.74 Å².